The van der Waals surface area contributed by atoms with Gasteiger partial charge in [-0.1, -0.05) is 18.2 Å². The third-order valence-electron chi connectivity index (χ3n) is 3.57. The summed E-state index contributed by atoms with van der Waals surface area (Å²) in [6.07, 6.45) is 9.62. The first kappa shape index (κ1) is 18.6. The molecule has 1 unspecified atom stereocenters. The van der Waals surface area contributed by atoms with E-state index in [-0.39, 0.29) is 24.8 Å². The molecule has 0 spiro atoms. The third-order valence-corrected chi connectivity index (χ3v) is 3.57. The minimum Gasteiger partial charge on any atom is -0.395 e. The Hall–Kier alpha value is -2.41. The van der Waals surface area contributed by atoms with E-state index in [0.717, 1.165) is 12.0 Å². The molecule has 0 bridgehead atoms. The van der Waals surface area contributed by atoms with Crippen molar-refractivity contribution in [3.63, 3.8) is 0 Å². The van der Waals surface area contributed by atoms with Gasteiger partial charge >= 0.3 is 0 Å². The Bertz CT molecular complexity index is 578. The standard InChI is InChI=1S/C17H22N4O2/c1-21(10-3-8-18)16-5-2-4-14(6-7-16)12-15(13-19)17(23)20-9-11-22/h2,5-6,12,16,22H,3-4,7,9-11H2,1H3,(H,20,23)/b15-12+. The van der Waals surface area contributed by atoms with Crippen LogP contribution in [0.25, 0.3) is 0 Å². The monoisotopic (exact) mass is 314 g/mol. The molecule has 122 valence electrons. The zero-order valence-electron chi connectivity index (χ0n) is 13.3. The molecule has 1 atom stereocenters. The highest BCUT2D eigenvalue weighted by atomic mass is 16.3. The smallest absolute Gasteiger partial charge is 0.262 e. The zero-order valence-corrected chi connectivity index (χ0v) is 13.3. The maximum atomic E-state index is 11.8. The van der Waals surface area contributed by atoms with Gasteiger partial charge in [-0.25, -0.2) is 0 Å². The summed E-state index contributed by atoms with van der Waals surface area (Å²) in [6, 6.07) is 4.24. The number of aliphatic hydroxyl groups is 1. The Morgan fingerprint density at radius 2 is 2.35 bits per heavy atom. The molecule has 0 aromatic carbocycles. The average molecular weight is 314 g/mol. The van der Waals surface area contributed by atoms with Crippen LogP contribution in [0.3, 0.4) is 0 Å². The van der Waals surface area contributed by atoms with Crippen LogP contribution in [-0.2, 0) is 4.79 Å². The summed E-state index contributed by atoms with van der Waals surface area (Å²) < 4.78 is 0. The van der Waals surface area contributed by atoms with Crippen LogP contribution in [0, 0.1) is 22.7 Å². The number of carbonyl (C=O) groups excluding carboxylic acids is 1. The second kappa shape index (κ2) is 10.3. The molecule has 1 rings (SSSR count). The molecule has 0 aliphatic heterocycles. The predicted molar refractivity (Wildman–Crippen MR) is 86.9 cm³/mol. The number of nitrogens with zero attached hydrogens (tertiary/aromatic N) is 3. The molecule has 0 radical (unpaired) electrons. The van der Waals surface area contributed by atoms with Gasteiger partial charge in [0.1, 0.15) is 11.6 Å². The fourth-order valence-electron chi connectivity index (χ4n) is 2.23. The Morgan fingerprint density at radius 3 is 3.00 bits per heavy atom. The first-order chi connectivity index (χ1) is 11.1. The number of aliphatic hydroxyl groups excluding tert-OH is 1. The van der Waals surface area contributed by atoms with Crippen LogP contribution >= 0.6 is 0 Å². The summed E-state index contributed by atoms with van der Waals surface area (Å²) >= 11 is 0. The number of likely N-dealkylation sites (N-methyl/N-ethyl adjacent to an activating group) is 1. The van der Waals surface area contributed by atoms with Crippen molar-refractivity contribution >= 4 is 5.91 Å². The number of allylic oxidation sites excluding steroid dienone is 3. The predicted octanol–water partition coefficient (Wildman–Crippen LogP) is 1.04. The molecule has 1 aliphatic rings. The van der Waals surface area contributed by atoms with Crippen molar-refractivity contribution in [1.29, 1.82) is 10.5 Å². The molecule has 6 heteroatoms. The largest absolute Gasteiger partial charge is 0.395 e. The van der Waals surface area contributed by atoms with Crippen molar-refractivity contribution in [2.75, 3.05) is 26.7 Å². The van der Waals surface area contributed by atoms with Gasteiger partial charge in [-0.05, 0) is 31.5 Å². The molecule has 0 fully saturated rings. The fraction of sp³-hybridized carbons (Fsp3) is 0.471. The first-order valence-electron chi connectivity index (χ1n) is 7.56. The van der Waals surface area contributed by atoms with Crippen LogP contribution in [0.5, 0.6) is 0 Å². The highest BCUT2D eigenvalue weighted by molar-refractivity contribution is 5.97. The fourth-order valence-corrected chi connectivity index (χ4v) is 2.23. The van der Waals surface area contributed by atoms with Gasteiger partial charge in [0.15, 0.2) is 0 Å². The third kappa shape index (κ3) is 6.48. The van der Waals surface area contributed by atoms with Crippen molar-refractivity contribution in [3.8, 4) is 12.1 Å². The second-order valence-corrected chi connectivity index (χ2v) is 5.25. The van der Waals surface area contributed by atoms with Gasteiger partial charge in [0.2, 0.25) is 0 Å². The Morgan fingerprint density at radius 1 is 1.57 bits per heavy atom. The molecule has 0 heterocycles. The summed E-state index contributed by atoms with van der Waals surface area (Å²) in [4.78, 5) is 13.9. The van der Waals surface area contributed by atoms with Crippen molar-refractivity contribution in [2.45, 2.75) is 25.3 Å². The molecule has 1 aliphatic carbocycles. The molecule has 1 amide bonds. The van der Waals surface area contributed by atoms with Crippen LogP contribution in [0.2, 0.25) is 0 Å². The van der Waals surface area contributed by atoms with Crippen LogP contribution in [-0.4, -0.2) is 48.7 Å². The van der Waals surface area contributed by atoms with Crippen LogP contribution in [0.4, 0.5) is 0 Å². The molecule has 0 aromatic heterocycles. The molecule has 2 N–H and O–H groups in total. The second-order valence-electron chi connectivity index (χ2n) is 5.25. The van der Waals surface area contributed by atoms with E-state index in [9.17, 15) is 4.79 Å². The van der Waals surface area contributed by atoms with E-state index in [2.05, 4.69) is 22.4 Å². The Balaban J connectivity index is 2.75. The summed E-state index contributed by atoms with van der Waals surface area (Å²) in [5, 5.41) is 28.9. The number of rotatable bonds is 7. The minimum atomic E-state index is -0.474. The lowest BCUT2D eigenvalue weighted by Gasteiger charge is -2.22. The lowest BCUT2D eigenvalue weighted by atomic mass is 10.1. The highest BCUT2D eigenvalue weighted by Crippen LogP contribution is 2.17. The number of nitrogens with one attached hydrogen (secondary N) is 1. The van der Waals surface area contributed by atoms with E-state index >= 15 is 0 Å². The van der Waals surface area contributed by atoms with E-state index in [4.69, 9.17) is 15.6 Å². The molecule has 0 saturated heterocycles. The first-order valence-corrected chi connectivity index (χ1v) is 7.56. The van der Waals surface area contributed by atoms with E-state index < -0.39 is 5.91 Å². The SMILES string of the molecule is CN(CCC#N)C1C=CCC(/C=C(\C#N)C(=O)NCCO)=CC1. The zero-order chi connectivity index (χ0) is 17.1. The molecular weight excluding hydrogens is 292 g/mol. The number of nitriles is 2. The highest BCUT2D eigenvalue weighted by Gasteiger charge is 2.14. The minimum absolute atomic E-state index is 0.0365. The lowest BCUT2D eigenvalue weighted by Crippen LogP contribution is -2.30. The molecular formula is C17H22N4O2. The van der Waals surface area contributed by atoms with Gasteiger partial charge in [-0.15, -0.1) is 0 Å². The topological polar surface area (TPSA) is 100 Å². The van der Waals surface area contributed by atoms with Gasteiger partial charge in [0, 0.05) is 25.6 Å². The van der Waals surface area contributed by atoms with Crippen LogP contribution in [0.15, 0.2) is 35.5 Å². The summed E-state index contributed by atoms with van der Waals surface area (Å²) in [5.74, 6) is -0.474. The molecule has 23 heavy (non-hydrogen) atoms. The lowest BCUT2D eigenvalue weighted by molar-refractivity contribution is -0.117. The maximum absolute atomic E-state index is 11.8. The maximum Gasteiger partial charge on any atom is 0.262 e. The Kier molecular flexibility index (Phi) is 8.38. The van der Waals surface area contributed by atoms with E-state index in [1.165, 1.54) is 0 Å². The molecule has 6 nitrogen and oxygen atoms in total. The molecule has 0 aromatic rings. The van der Waals surface area contributed by atoms with Crippen LogP contribution < -0.4 is 5.32 Å². The van der Waals surface area contributed by atoms with Crippen molar-refractivity contribution in [1.82, 2.24) is 10.2 Å². The van der Waals surface area contributed by atoms with Crippen LogP contribution in [0.1, 0.15) is 19.3 Å². The van der Waals surface area contributed by atoms with Gasteiger partial charge in [0.05, 0.1) is 12.7 Å². The summed E-state index contributed by atoms with van der Waals surface area (Å²) in [6.45, 7) is 0.673. The van der Waals surface area contributed by atoms with Gasteiger partial charge in [-0.2, -0.15) is 10.5 Å². The van der Waals surface area contributed by atoms with E-state index in [1.54, 1.807) is 6.08 Å². The normalized spacial score (nSPS) is 17.9. The quantitative estimate of drug-likeness (QED) is 0.415. The summed E-state index contributed by atoms with van der Waals surface area (Å²) in [7, 11) is 1.98. The van der Waals surface area contributed by atoms with Gasteiger partial charge in [0.25, 0.3) is 5.91 Å². The van der Waals surface area contributed by atoms with E-state index in [0.29, 0.717) is 19.4 Å². The van der Waals surface area contributed by atoms with E-state index in [1.807, 2.05) is 25.3 Å². The van der Waals surface area contributed by atoms with Crippen molar-refractivity contribution in [3.05, 3.63) is 35.5 Å². The Labute approximate surface area is 137 Å². The van der Waals surface area contributed by atoms with Crippen molar-refractivity contribution < 1.29 is 9.90 Å². The van der Waals surface area contributed by atoms with Gasteiger partial charge < -0.3 is 10.4 Å². The number of hydrogen-bond donors (Lipinski definition) is 2. The van der Waals surface area contributed by atoms with Crippen molar-refractivity contribution in [2.24, 2.45) is 0 Å². The molecule has 0 saturated carbocycles. The average Bonchev–Trinajstić information content (AvgIpc) is 2.80. The summed E-state index contributed by atoms with van der Waals surface area (Å²) in [5.41, 5.74) is 0.947. The van der Waals surface area contributed by atoms with Gasteiger partial charge in [-0.3, -0.25) is 9.69 Å². The number of carbonyl (C=O) groups is 1. The number of amides is 1. The number of hydrogen-bond acceptors (Lipinski definition) is 5.